The molecule has 0 unspecified atom stereocenters. The Bertz CT molecular complexity index is 2610. The van der Waals surface area contributed by atoms with Crippen LogP contribution < -0.4 is 0 Å². The summed E-state index contributed by atoms with van der Waals surface area (Å²) in [6.45, 7) is 2.20. The van der Waals surface area contributed by atoms with Crippen LogP contribution in [0, 0.1) is 18.3 Å². The van der Waals surface area contributed by atoms with Gasteiger partial charge in [-0.1, -0.05) is 72.8 Å². The number of fused-ring (bicyclic) bond motifs is 10. The lowest BCUT2D eigenvalue weighted by Gasteiger charge is -2.17. The number of aromatic nitrogens is 1. The fourth-order valence-electron chi connectivity index (χ4n) is 6.67. The van der Waals surface area contributed by atoms with Gasteiger partial charge < -0.3 is 8.98 Å². The molecule has 0 amide bonds. The Hall–Kier alpha value is -5.37. The Balaban J connectivity index is 1.41. The molecular weight excluding hydrogens is 532 g/mol. The van der Waals surface area contributed by atoms with Crippen molar-refractivity contribution < 1.29 is 4.42 Å². The Morgan fingerprint density at radius 3 is 2.31 bits per heavy atom. The van der Waals surface area contributed by atoms with Crippen molar-refractivity contribution in [3.63, 3.8) is 0 Å². The minimum Gasteiger partial charge on any atom is -0.456 e. The summed E-state index contributed by atoms with van der Waals surface area (Å²) in [6.07, 6.45) is 0. The molecule has 0 aliphatic rings. The van der Waals surface area contributed by atoms with Crippen molar-refractivity contribution in [2.75, 3.05) is 0 Å². The number of para-hydroxylation sites is 2. The summed E-state index contributed by atoms with van der Waals surface area (Å²) >= 11 is 1.87. The van der Waals surface area contributed by atoms with Crippen LogP contribution in [0.25, 0.3) is 80.7 Å². The lowest BCUT2D eigenvalue weighted by molar-refractivity contribution is 0.669. The molecule has 4 heteroatoms. The normalized spacial score (nSPS) is 11.9. The SMILES string of the molecule is Cc1cccc(-c2ccc3oc4ccc(C#N)cc4c3c2)c1-n1c2ccccc2c2ccc3c4ccccc4sc3c21. The van der Waals surface area contributed by atoms with Gasteiger partial charge in [-0.3, -0.25) is 0 Å². The van der Waals surface area contributed by atoms with E-state index in [4.69, 9.17) is 4.42 Å². The number of benzene rings is 6. The van der Waals surface area contributed by atoms with Crippen LogP contribution in [0.3, 0.4) is 0 Å². The smallest absolute Gasteiger partial charge is 0.135 e. The molecule has 6 aromatic carbocycles. The van der Waals surface area contributed by atoms with Gasteiger partial charge in [0, 0.05) is 42.6 Å². The lowest BCUT2D eigenvalue weighted by Crippen LogP contribution is -2.00. The van der Waals surface area contributed by atoms with E-state index in [1.54, 1.807) is 6.07 Å². The van der Waals surface area contributed by atoms with Crippen LogP contribution in [0.2, 0.25) is 0 Å². The molecule has 42 heavy (non-hydrogen) atoms. The highest BCUT2D eigenvalue weighted by Crippen LogP contribution is 2.45. The summed E-state index contributed by atoms with van der Waals surface area (Å²) in [6, 6.07) is 42.9. The monoisotopic (exact) mass is 554 g/mol. The second kappa shape index (κ2) is 8.57. The van der Waals surface area contributed by atoms with Crippen LogP contribution >= 0.6 is 11.3 Å². The quantitative estimate of drug-likeness (QED) is 0.213. The molecule has 3 aromatic heterocycles. The van der Waals surface area contributed by atoms with Gasteiger partial charge in [-0.05, 0) is 60.5 Å². The second-order valence-corrected chi connectivity index (χ2v) is 11.9. The molecule has 3 heterocycles. The zero-order valence-electron chi connectivity index (χ0n) is 22.7. The fourth-order valence-corrected chi connectivity index (χ4v) is 7.91. The van der Waals surface area contributed by atoms with E-state index in [9.17, 15) is 5.26 Å². The number of nitrogens with zero attached hydrogens (tertiary/aromatic N) is 2. The van der Waals surface area contributed by atoms with Crippen molar-refractivity contribution in [2.45, 2.75) is 6.92 Å². The van der Waals surface area contributed by atoms with Crippen molar-refractivity contribution in [1.29, 1.82) is 5.26 Å². The summed E-state index contributed by atoms with van der Waals surface area (Å²) in [5, 5.41) is 16.6. The van der Waals surface area contributed by atoms with Gasteiger partial charge in [0.05, 0.1) is 33.1 Å². The van der Waals surface area contributed by atoms with Crippen molar-refractivity contribution in [3.8, 4) is 22.9 Å². The van der Waals surface area contributed by atoms with Crippen LogP contribution in [-0.4, -0.2) is 4.57 Å². The largest absolute Gasteiger partial charge is 0.456 e. The summed E-state index contributed by atoms with van der Waals surface area (Å²) in [5.74, 6) is 0. The third kappa shape index (κ3) is 3.14. The van der Waals surface area contributed by atoms with Gasteiger partial charge in [0.25, 0.3) is 0 Å². The molecule has 9 aromatic rings. The number of aryl methyl sites for hydroxylation is 1. The first-order valence-electron chi connectivity index (χ1n) is 14.0. The van der Waals surface area contributed by atoms with Gasteiger partial charge in [-0.15, -0.1) is 11.3 Å². The second-order valence-electron chi connectivity index (χ2n) is 10.9. The third-order valence-electron chi connectivity index (χ3n) is 8.55. The number of nitriles is 1. The summed E-state index contributed by atoms with van der Waals surface area (Å²) in [4.78, 5) is 0. The van der Waals surface area contributed by atoms with Crippen LogP contribution in [-0.2, 0) is 0 Å². The highest BCUT2D eigenvalue weighted by atomic mass is 32.1. The summed E-state index contributed by atoms with van der Waals surface area (Å²) < 4.78 is 11.2. The molecule has 0 fully saturated rings. The maximum atomic E-state index is 9.52. The lowest BCUT2D eigenvalue weighted by atomic mass is 9.98. The van der Waals surface area contributed by atoms with Crippen molar-refractivity contribution >= 4 is 75.3 Å². The van der Waals surface area contributed by atoms with E-state index in [1.807, 2.05) is 23.5 Å². The molecule has 0 saturated carbocycles. The molecule has 0 saturated heterocycles. The van der Waals surface area contributed by atoms with Crippen molar-refractivity contribution in [1.82, 2.24) is 4.57 Å². The molecule has 0 N–H and O–H groups in total. The highest BCUT2D eigenvalue weighted by molar-refractivity contribution is 7.26. The number of furan rings is 1. The maximum absolute atomic E-state index is 9.52. The number of hydrogen-bond donors (Lipinski definition) is 0. The first-order valence-corrected chi connectivity index (χ1v) is 14.8. The number of thiophene rings is 1. The van der Waals surface area contributed by atoms with Gasteiger partial charge in [0.2, 0.25) is 0 Å². The predicted octanol–water partition coefficient (Wildman–Crippen LogP) is 10.9. The Labute approximate surface area is 245 Å². The van der Waals surface area contributed by atoms with E-state index in [2.05, 4.69) is 115 Å². The molecule has 0 spiro atoms. The first kappa shape index (κ1) is 23.3. The van der Waals surface area contributed by atoms with Crippen LogP contribution in [0.1, 0.15) is 11.1 Å². The van der Waals surface area contributed by atoms with Crippen molar-refractivity contribution in [2.24, 2.45) is 0 Å². The molecule has 0 radical (unpaired) electrons. The zero-order chi connectivity index (χ0) is 27.9. The van der Waals surface area contributed by atoms with Gasteiger partial charge in [-0.2, -0.15) is 5.26 Å². The molecule has 0 aliphatic carbocycles. The molecule has 3 nitrogen and oxygen atoms in total. The minimum absolute atomic E-state index is 0.629. The molecule has 0 bridgehead atoms. The van der Waals surface area contributed by atoms with Gasteiger partial charge >= 0.3 is 0 Å². The average molecular weight is 555 g/mol. The van der Waals surface area contributed by atoms with E-state index in [-0.39, 0.29) is 0 Å². The van der Waals surface area contributed by atoms with Gasteiger partial charge in [-0.25, -0.2) is 0 Å². The van der Waals surface area contributed by atoms with E-state index in [0.717, 1.165) is 33.1 Å². The maximum Gasteiger partial charge on any atom is 0.135 e. The fraction of sp³-hybridized carbons (Fsp3) is 0.0263. The summed E-state index contributed by atoms with van der Waals surface area (Å²) in [5.41, 5.74) is 9.34. The van der Waals surface area contributed by atoms with Gasteiger partial charge in [0.1, 0.15) is 11.2 Å². The van der Waals surface area contributed by atoms with E-state index < -0.39 is 0 Å². The average Bonchev–Trinajstić information content (AvgIpc) is 3.70. The molecule has 0 aliphatic heterocycles. The first-order chi connectivity index (χ1) is 20.7. The van der Waals surface area contributed by atoms with E-state index in [0.29, 0.717) is 5.56 Å². The number of hydrogen-bond acceptors (Lipinski definition) is 3. The Morgan fingerprint density at radius 2 is 1.43 bits per heavy atom. The molecular formula is C38H22N2OS. The van der Waals surface area contributed by atoms with Crippen LogP contribution in [0.5, 0.6) is 0 Å². The zero-order valence-corrected chi connectivity index (χ0v) is 23.5. The van der Waals surface area contributed by atoms with Crippen LogP contribution in [0.15, 0.2) is 120 Å². The predicted molar refractivity (Wildman–Crippen MR) is 176 cm³/mol. The van der Waals surface area contributed by atoms with Gasteiger partial charge in [0.15, 0.2) is 0 Å². The van der Waals surface area contributed by atoms with E-state index >= 15 is 0 Å². The minimum atomic E-state index is 0.629. The number of rotatable bonds is 2. The Morgan fingerprint density at radius 1 is 0.667 bits per heavy atom. The van der Waals surface area contributed by atoms with Crippen LogP contribution in [0.4, 0.5) is 0 Å². The molecule has 196 valence electrons. The topological polar surface area (TPSA) is 41.9 Å². The third-order valence-corrected chi connectivity index (χ3v) is 9.74. The Kier molecular flexibility index (Phi) is 4.76. The standard InChI is InChI=1S/C38H22N2OS/c1-22-7-6-10-25(24-14-18-34-31(20-24)30-19-23(21-39)13-17-33(30)41-34)36(22)40-32-11-4-2-8-26(32)28-15-16-29-27-9-3-5-12-35(27)42-38(29)37(28)40/h2-20H,1H3. The summed E-state index contributed by atoms with van der Waals surface area (Å²) in [7, 11) is 0. The van der Waals surface area contributed by atoms with E-state index in [1.165, 1.54) is 53.2 Å². The molecule has 9 rings (SSSR count). The molecule has 0 atom stereocenters. The van der Waals surface area contributed by atoms with Crippen molar-refractivity contribution in [3.05, 3.63) is 126 Å². The highest BCUT2D eigenvalue weighted by Gasteiger charge is 2.21.